The van der Waals surface area contributed by atoms with Crippen LogP contribution in [0, 0.1) is 16.7 Å². The van der Waals surface area contributed by atoms with E-state index in [0.717, 1.165) is 6.54 Å². The Labute approximate surface area is 73.9 Å². The first-order valence-electron chi connectivity index (χ1n) is 3.98. The Morgan fingerprint density at radius 2 is 1.73 bits per heavy atom. The highest BCUT2D eigenvalue weighted by Gasteiger charge is 2.64. The number of thiocarbonyl (C=S) groups is 1. The highest BCUT2D eigenvalue weighted by Crippen LogP contribution is 2.68. The van der Waals surface area contributed by atoms with Crippen LogP contribution >= 0.6 is 12.2 Å². The average molecular weight is 169 g/mol. The van der Waals surface area contributed by atoms with Crippen molar-refractivity contribution in [3.63, 3.8) is 0 Å². The summed E-state index contributed by atoms with van der Waals surface area (Å²) >= 11 is 4.53. The van der Waals surface area contributed by atoms with Gasteiger partial charge in [0.15, 0.2) is 0 Å². The molecule has 62 valence electrons. The lowest BCUT2D eigenvalue weighted by Gasteiger charge is -2.04. The second kappa shape index (κ2) is 2.40. The zero-order valence-corrected chi connectivity index (χ0v) is 8.46. The lowest BCUT2D eigenvalue weighted by Crippen LogP contribution is -1.95. The monoisotopic (exact) mass is 169 g/mol. The summed E-state index contributed by atoms with van der Waals surface area (Å²) in [6.45, 7) is 10.0. The summed E-state index contributed by atoms with van der Waals surface area (Å²) in [6.07, 6.45) is 0. The Morgan fingerprint density at radius 3 is 2.00 bits per heavy atom. The zero-order chi connectivity index (χ0) is 8.70. The van der Waals surface area contributed by atoms with Crippen molar-refractivity contribution in [1.82, 2.24) is 0 Å². The first kappa shape index (κ1) is 8.89. The highest BCUT2D eigenvalue weighted by atomic mass is 32.1. The fourth-order valence-electron chi connectivity index (χ4n) is 1.92. The average Bonchev–Trinajstić information content (AvgIpc) is 2.23. The standard InChI is InChI=1S/C9H15NS/c1-8(2)7(5-10-6-11)9(8,3)4/h7H,5H2,1-4H3. The first-order chi connectivity index (χ1) is 4.94. The van der Waals surface area contributed by atoms with Gasteiger partial charge in [-0.05, 0) is 29.0 Å². The van der Waals surface area contributed by atoms with E-state index in [2.05, 4.69) is 50.1 Å². The molecule has 0 unspecified atom stereocenters. The number of nitrogens with zero attached hydrogens (tertiary/aromatic N) is 1. The fourth-order valence-corrected chi connectivity index (χ4v) is 1.99. The summed E-state index contributed by atoms with van der Waals surface area (Å²) in [6, 6.07) is 0. The molecule has 0 saturated heterocycles. The Kier molecular flexibility index (Phi) is 1.94. The second-order valence-corrected chi connectivity index (χ2v) is 4.61. The minimum absolute atomic E-state index is 0.433. The quantitative estimate of drug-likeness (QED) is 0.457. The van der Waals surface area contributed by atoms with Gasteiger partial charge in [-0.3, -0.25) is 0 Å². The summed E-state index contributed by atoms with van der Waals surface area (Å²) in [5, 5.41) is 2.42. The SMILES string of the molecule is CC1(C)C(CN=C=S)C1(C)C. The molecule has 11 heavy (non-hydrogen) atoms. The van der Waals surface area contributed by atoms with Crippen LogP contribution in [0.2, 0.25) is 0 Å². The van der Waals surface area contributed by atoms with E-state index in [4.69, 9.17) is 0 Å². The Balaban J connectivity index is 2.60. The maximum Gasteiger partial charge on any atom is 0.0585 e. The molecule has 0 N–H and O–H groups in total. The highest BCUT2D eigenvalue weighted by molar-refractivity contribution is 7.78. The van der Waals surface area contributed by atoms with Gasteiger partial charge >= 0.3 is 0 Å². The fraction of sp³-hybridized carbons (Fsp3) is 0.889. The van der Waals surface area contributed by atoms with Crippen LogP contribution in [0.5, 0.6) is 0 Å². The van der Waals surface area contributed by atoms with Crippen molar-refractivity contribution in [2.45, 2.75) is 27.7 Å². The maximum atomic E-state index is 4.53. The van der Waals surface area contributed by atoms with Crippen LogP contribution in [0.3, 0.4) is 0 Å². The number of hydrogen-bond acceptors (Lipinski definition) is 2. The van der Waals surface area contributed by atoms with Gasteiger partial charge in [0.2, 0.25) is 0 Å². The van der Waals surface area contributed by atoms with Gasteiger partial charge in [-0.25, -0.2) is 4.99 Å². The number of isothiocyanates is 1. The lowest BCUT2D eigenvalue weighted by atomic mass is 10.0. The molecule has 0 aromatic heterocycles. The molecule has 1 aliphatic carbocycles. The molecule has 0 spiro atoms. The summed E-state index contributed by atoms with van der Waals surface area (Å²) in [7, 11) is 0. The van der Waals surface area contributed by atoms with Crippen LogP contribution in [-0.2, 0) is 0 Å². The number of rotatable bonds is 2. The van der Waals surface area contributed by atoms with Crippen molar-refractivity contribution in [2.75, 3.05) is 6.54 Å². The van der Waals surface area contributed by atoms with Gasteiger partial charge < -0.3 is 0 Å². The van der Waals surface area contributed by atoms with Crippen molar-refractivity contribution in [3.05, 3.63) is 0 Å². The molecule has 1 fully saturated rings. The van der Waals surface area contributed by atoms with Gasteiger partial charge in [0.1, 0.15) is 0 Å². The van der Waals surface area contributed by atoms with E-state index in [1.807, 2.05) is 0 Å². The van der Waals surface area contributed by atoms with E-state index in [9.17, 15) is 0 Å². The molecule has 1 rings (SSSR count). The Morgan fingerprint density at radius 1 is 1.27 bits per heavy atom. The van der Waals surface area contributed by atoms with Gasteiger partial charge in [0.05, 0.1) is 11.7 Å². The molecule has 0 radical (unpaired) electrons. The van der Waals surface area contributed by atoms with Crippen LogP contribution in [0.15, 0.2) is 4.99 Å². The first-order valence-corrected chi connectivity index (χ1v) is 4.39. The predicted molar refractivity (Wildman–Crippen MR) is 50.9 cm³/mol. The topological polar surface area (TPSA) is 12.4 Å². The minimum Gasteiger partial charge on any atom is -0.232 e. The summed E-state index contributed by atoms with van der Waals surface area (Å²) in [4.78, 5) is 3.99. The number of aliphatic imine (C=N–C) groups is 1. The third kappa shape index (κ3) is 1.15. The third-order valence-corrected chi connectivity index (χ3v) is 3.79. The van der Waals surface area contributed by atoms with E-state index in [-0.39, 0.29) is 0 Å². The minimum atomic E-state index is 0.433. The second-order valence-electron chi connectivity index (χ2n) is 4.43. The molecule has 0 heterocycles. The molecule has 0 aromatic carbocycles. The summed E-state index contributed by atoms with van der Waals surface area (Å²) in [5.74, 6) is 0.686. The maximum absolute atomic E-state index is 4.53. The summed E-state index contributed by atoms with van der Waals surface area (Å²) < 4.78 is 0. The van der Waals surface area contributed by atoms with E-state index in [0.29, 0.717) is 16.7 Å². The predicted octanol–water partition coefficient (Wildman–Crippen LogP) is 2.77. The van der Waals surface area contributed by atoms with Crippen molar-refractivity contribution >= 4 is 17.4 Å². The van der Waals surface area contributed by atoms with Crippen LogP contribution in [-0.4, -0.2) is 11.7 Å². The van der Waals surface area contributed by atoms with Gasteiger partial charge in [0, 0.05) is 0 Å². The van der Waals surface area contributed by atoms with E-state index < -0.39 is 0 Å². The van der Waals surface area contributed by atoms with Crippen molar-refractivity contribution in [1.29, 1.82) is 0 Å². The van der Waals surface area contributed by atoms with Gasteiger partial charge in [-0.15, -0.1) is 0 Å². The van der Waals surface area contributed by atoms with Crippen LogP contribution < -0.4 is 0 Å². The molecule has 0 amide bonds. The van der Waals surface area contributed by atoms with E-state index in [1.54, 1.807) is 0 Å². The van der Waals surface area contributed by atoms with Gasteiger partial charge in [-0.1, -0.05) is 27.7 Å². The van der Waals surface area contributed by atoms with Crippen molar-refractivity contribution in [2.24, 2.45) is 21.7 Å². The van der Waals surface area contributed by atoms with E-state index >= 15 is 0 Å². The molecular formula is C9H15NS. The molecule has 0 aliphatic heterocycles. The normalized spacial score (nSPS) is 25.8. The molecule has 1 aliphatic rings. The van der Waals surface area contributed by atoms with Gasteiger partial charge in [0.25, 0.3) is 0 Å². The molecule has 0 aromatic rings. The molecule has 1 nitrogen and oxygen atoms in total. The third-order valence-electron chi connectivity index (χ3n) is 3.66. The van der Waals surface area contributed by atoms with Crippen LogP contribution in [0.1, 0.15) is 27.7 Å². The molecule has 2 heteroatoms. The molecule has 0 bridgehead atoms. The Hall–Kier alpha value is -0.200. The van der Waals surface area contributed by atoms with E-state index in [1.165, 1.54) is 0 Å². The summed E-state index contributed by atoms with van der Waals surface area (Å²) in [5.41, 5.74) is 0.866. The smallest absolute Gasteiger partial charge is 0.0585 e. The van der Waals surface area contributed by atoms with Crippen molar-refractivity contribution < 1.29 is 0 Å². The largest absolute Gasteiger partial charge is 0.232 e. The molecular weight excluding hydrogens is 154 g/mol. The zero-order valence-electron chi connectivity index (χ0n) is 7.64. The lowest BCUT2D eigenvalue weighted by molar-refractivity contribution is 0.457. The Bertz CT molecular complexity index is 198. The molecule has 0 atom stereocenters. The number of hydrogen-bond donors (Lipinski definition) is 0. The van der Waals surface area contributed by atoms with Crippen molar-refractivity contribution in [3.8, 4) is 0 Å². The van der Waals surface area contributed by atoms with Crippen LogP contribution in [0.25, 0.3) is 0 Å². The molecule has 1 saturated carbocycles. The van der Waals surface area contributed by atoms with Crippen LogP contribution in [0.4, 0.5) is 0 Å². The van der Waals surface area contributed by atoms with Gasteiger partial charge in [-0.2, -0.15) is 0 Å².